The zero-order valence-electron chi connectivity index (χ0n) is 59.0. The van der Waals surface area contributed by atoms with Crippen LogP contribution in [0.5, 0.6) is 0 Å². The number of hydrogen-bond acceptors (Lipinski definition) is 6. The number of alkyl halides is 14. The summed E-state index contributed by atoms with van der Waals surface area (Å²) < 4.78 is 138. The zero-order valence-corrected chi connectivity index (χ0v) is 70.4. The minimum Gasteiger partial charge on any atom is -0.693 e. The van der Waals surface area contributed by atoms with Crippen LogP contribution in [0.3, 0.4) is 0 Å². The van der Waals surface area contributed by atoms with Gasteiger partial charge in [0.25, 0.3) is 0 Å². The van der Waals surface area contributed by atoms with Crippen molar-refractivity contribution in [3.8, 4) is 0 Å². The first-order valence-corrected chi connectivity index (χ1v) is 49.0. The van der Waals surface area contributed by atoms with E-state index in [1.807, 2.05) is 10.6 Å². The van der Waals surface area contributed by atoms with Gasteiger partial charge in [0.05, 0.1) is 0 Å². The monoisotopic (exact) mass is 2230 g/mol. The molecular formula is C61H115Cl6F14N9O12Pt3. The Morgan fingerprint density at radius 1 is 0.371 bits per heavy atom. The Hall–Kier alpha value is -1.52. The summed E-state index contributed by atoms with van der Waals surface area (Å²) in [6.07, 6.45) is 26.0. The Morgan fingerprint density at radius 3 is 0.752 bits per heavy atom. The fraction of sp³-hybridized carbons (Fsp3) is 0.869. The molecule has 0 unspecified atom stereocenters. The Balaban J connectivity index is -0.000000106. The number of rotatable bonds is 9. The van der Waals surface area contributed by atoms with Crippen LogP contribution in [0.1, 0.15) is 218 Å². The van der Waals surface area contributed by atoms with Gasteiger partial charge < -0.3 is 96.7 Å². The van der Waals surface area contributed by atoms with E-state index in [9.17, 15) is 90.2 Å². The van der Waals surface area contributed by atoms with Gasteiger partial charge in [-0.1, -0.05) is 116 Å². The summed E-state index contributed by atoms with van der Waals surface area (Å²) in [5.41, 5.74) is -0.0272. The summed E-state index contributed by atoms with van der Waals surface area (Å²) in [7, 11) is 29.2. The average molecular weight is 2230 g/mol. The molecule has 646 valence electrons. The number of nitrogens with two attached hydrogens (primary N) is 4. The van der Waals surface area contributed by atoms with Crippen molar-refractivity contribution in [1.29, 1.82) is 0 Å². The first kappa shape index (κ1) is 127. The predicted molar refractivity (Wildman–Crippen MR) is 378 cm³/mol. The zero-order chi connectivity index (χ0) is 76.7. The maximum Gasteiger partial charge on any atom is -0.693 e. The third kappa shape index (κ3) is 91.3. The molecule has 10 rings (SSSR count). The average Bonchev–Trinajstić information content (AvgIpc) is 0.759. The maximum atomic E-state index is 11.0. The molecule has 0 heterocycles. The first-order chi connectivity index (χ1) is 46.6. The van der Waals surface area contributed by atoms with Gasteiger partial charge in [0.15, 0.2) is 0 Å². The van der Waals surface area contributed by atoms with Crippen molar-refractivity contribution in [3.63, 3.8) is 0 Å². The Morgan fingerprint density at radius 2 is 0.581 bits per heavy atom. The normalized spacial score (nSPS) is 23.0. The molecule has 10 fully saturated rings. The Labute approximate surface area is 660 Å². The second-order valence-corrected chi connectivity index (χ2v) is 34.0. The molecule has 0 aliphatic heterocycles. The topological polar surface area (TPSA) is 418 Å². The van der Waals surface area contributed by atoms with Crippen LogP contribution in [0.4, 0.5) is 85.4 Å². The molecule has 10 aliphatic carbocycles. The van der Waals surface area contributed by atoms with E-state index in [2.05, 4.69) is 16.0 Å². The molecule has 0 saturated heterocycles. The number of hydrogen-bond donors (Lipinski definition) is 11. The number of carboxylic acids is 1. The number of carbonyl (C=O) groups is 6. The van der Waals surface area contributed by atoms with Crippen LogP contribution >= 0.6 is 56.5 Å². The third-order valence-electron chi connectivity index (χ3n) is 16.8. The fourth-order valence-electron chi connectivity index (χ4n) is 14.3. The number of halogens is 20. The van der Waals surface area contributed by atoms with E-state index in [1.165, 1.54) is 167 Å². The minimum atomic E-state index is -5.50. The number of nitrogens with one attached hydrogen (secondary N) is 5. The van der Waals surface area contributed by atoms with Crippen molar-refractivity contribution >= 4 is 92.9 Å². The van der Waals surface area contributed by atoms with Gasteiger partial charge in [-0.05, 0) is 144 Å². The first-order valence-electron chi connectivity index (χ1n) is 32.1. The molecule has 8 bridgehead atoms. The molecule has 0 spiro atoms. The van der Waals surface area contributed by atoms with Gasteiger partial charge in [-0.2, -0.15) is 0 Å². The molecule has 5 amide bonds. The van der Waals surface area contributed by atoms with E-state index < -0.39 is 126 Å². The van der Waals surface area contributed by atoms with Crippen molar-refractivity contribution < 1.29 is 170 Å². The van der Waals surface area contributed by atoms with E-state index >= 15 is 0 Å². The summed E-state index contributed by atoms with van der Waals surface area (Å²) >= 11 is -1.42. The molecular weight excluding hydrogens is 2110 g/mol. The van der Waals surface area contributed by atoms with Crippen molar-refractivity contribution in [2.75, 3.05) is 40.3 Å². The summed E-state index contributed by atoms with van der Waals surface area (Å²) in [6.45, 7) is -5.02. The molecule has 105 heavy (non-hydrogen) atoms. The molecule has 0 aromatic heterocycles. The summed E-state index contributed by atoms with van der Waals surface area (Å²) in [6, 6.07) is 0.383. The molecule has 0 aromatic carbocycles. The van der Waals surface area contributed by atoms with Crippen molar-refractivity contribution in [2.24, 2.45) is 47.3 Å². The maximum absolute atomic E-state index is 11.0. The predicted octanol–water partition coefficient (Wildman–Crippen LogP) is 25.7. The van der Waals surface area contributed by atoms with E-state index in [1.54, 1.807) is 0 Å². The third-order valence-corrected chi connectivity index (χ3v) is 16.8. The molecule has 44 heteroatoms. The Bertz CT molecular complexity index is 1830. The van der Waals surface area contributed by atoms with Crippen LogP contribution in [0.15, 0.2) is 0 Å². The largest absolute Gasteiger partial charge is 0.693 e. The van der Waals surface area contributed by atoms with Crippen LogP contribution in [-0.2, 0) is 54.2 Å². The van der Waals surface area contributed by atoms with Crippen molar-refractivity contribution in [1.82, 2.24) is 26.6 Å². The number of carboxylic acid groups (broad SMARTS) is 6. The van der Waals surface area contributed by atoms with Gasteiger partial charge in [-0.15, -0.1) is 35.1 Å². The summed E-state index contributed by atoms with van der Waals surface area (Å²) in [5.74, 6) is 5.84. The van der Waals surface area contributed by atoms with Gasteiger partial charge in [0, 0.05) is 37.1 Å². The second kappa shape index (κ2) is 83.4. The van der Waals surface area contributed by atoms with E-state index in [0.29, 0.717) is 12.3 Å². The standard InChI is InChI=1S/2C13H25NO2.C12H18O2.C11H17NO2.2C3H6FNO2.2CF4.2CH2F2.2CH3.6ClH.4H2N.3Pt/c2*15-13(16)14-12-10-8-6-4-2-1-3-5-7-9-11-12;13-12(14)6-11-9-2-7-1-8(4-9)5-10(11)3-7;13-10(14)12-11-4-7-1-8(5-11)3-9(2-7)6-11;2*4-1-2-5-3(6)7;2*2-1(3,4)5;2*2-1-3;;;;;;;;;;;;;;;/h2*12,14H,1-11H2,(H,15,16);7-11H,1-6H2,(H,13,14);7-9,12H,1-6H2,(H,13,14);2*5H,1-2H2,(H,6,7);;;2*1H2;2*1H3;6*1H;4*1H2;;;/q;;;;;;;;;;2*-1;;;;;;;4*-1;3*+4/p-6. The van der Waals surface area contributed by atoms with Crippen LogP contribution in [0.25, 0.3) is 24.6 Å². The van der Waals surface area contributed by atoms with Crippen LogP contribution in [0, 0.1) is 62.2 Å². The second-order valence-electron chi connectivity index (χ2n) is 24.2. The number of aliphatic carboxylic acids is 1. The van der Waals surface area contributed by atoms with E-state index in [0.717, 1.165) is 86.4 Å². The van der Waals surface area contributed by atoms with Gasteiger partial charge >= 0.3 is 155 Å². The Kier molecular flexibility index (Phi) is 101. The van der Waals surface area contributed by atoms with Crippen molar-refractivity contribution in [2.45, 2.75) is 249 Å². The van der Waals surface area contributed by atoms with Crippen molar-refractivity contribution in [3.05, 3.63) is 39.5 Å². The summed E-state index contributed by atoms with van der Waals surface area (Å²) in [4.78, 5) is 61.8. The van der Waals surface area contributed by atoms with Gasteiger partial charge in [-0.25, -0.2) is 50.3 Å². The molecule has 0 radical (unpaired) electrons. The smallest absolute Gasteiger partial charge is 0.693 e. The number of amides is 5. The van der Waals surface area contributed by atoms with Gasteiger partial charge in [-0.3, -0.25) is 4.79 Å². The quantitative estimate of drug-likeness (QED) is 0.0758. The molecule has 0 atom stereocenters. The summed E-state index contributed by atoms with van der Waals surface area (Å²) in [5, 5.41) is 62.6. The fourth-order valence-corrected chi connectivity index (χ4v) is 14.3. The van der Waals surface area contributed by atoms with Crippen LogP contribution in [0.2, 0.25) is 0 Å². The minimum absolute atomic E-state index is 0. The molecule has 10 saturated carbocycles. The SMILES string of the molecule is FC(F)(F)F.FC(F)(F)F.FCF.FCF.O=C(O)CC1C2CC3CC(C2)CC1C3.O=C(O)NC12CC3CC(CC(C3)C1)C2.O=C(O)NC1CCCCCCCCCCC1.O=C(O)NC1CCCCCCCCCCC1.O=C(O)NCCF.O=C(O)NCCF.[CH3-].[CH3-].[Cl][Pt+2][Cl].[Cl][Pt+2][Cl].[Cl][Pt+2][Cl].[NH2-].[NH2-].[NH2-].[NH2-]. The molecule has 21 nitrogen and oxygen atoms in total. The van der Waals surface area contributed by atoms with Gasteiger partial charge in [0.1, 0.15) is 13.3 Å². The van der Waals surface area contributed by atoms with E-state index in [-0.39, 0.29) is 70.2 Å². The molecule has 19 N–H and O–H groups in total. The van der Waals surface area contributed by atoms with Crippen LogP contribution < -0.4 is 26.6 Å². The molecule has 10 aliphatic rings. The van der Waals surface area contributed by atoms with Crippen LogP contribution in [-0.4, -0.2) is 138 Å². The van der Waals surface area contributed by atoms with E-state index in [4.69, 9.17) is 87.1 Å². The molecule has 0 aromatic rings. The van der Waals surface area contributed by atoms with Gasteiger partial charge in [0.2, 0.25) is 13.9 Å².